The summed E-state index contributed by atoms with van der Waals surface area (Å²) in [5, 5.41) is 0. The summed E-state index contributed by atoms with van der Waals surface area (Å²) in [6.07, 6.45) is 4.01. The van der Waals surface area contributed by atoms with Gasteiger partial charge in [0.2, 0.25) is 5.91 Å². The SMILES string of the molecule is NC(=O)C[C@H]1CC[C@H](c2ccccc2)C1. The van der Waals surface area contributed by atoms with Gasteiger partial charge in [-0.2, -0.15) is 0 Å². The molecule has 1 saturated carbocycles. The fourth-order valence-corrected chi connectivity index (χ4v) is 2.57. The maximum absolute atomic E-state index is 10.8. The van der Waals surface area contributed by atoms with E-state index in [1.54, 1.807) is 0 Å². The molecule has 0 aromatic heterocycles. The molecular formula is C13H17NO. The van der Waals surface area contributed by atoms with E-state index in [1.807, 2.05) is 6.07 Å². The summed E-state index contributed by atoms with van der Waals surface area (Å²) in [7, 11) is 0. The summed E-state index contributed by atoms with van der Waals surface area (Å²) in [5.74, 6) is 0.983. The van der Waals surface area contributed by atoms with Gasteiger partial charge in [0.05, 0.1) is 0 Å². The van der Waals surface area contributed by atoms with Crippen LogP contribution in [0.5, 0.6) is 0 Å². The number of hydrogen-bond donors (Lipinski definition) is 1. The van der Waals surface area contributed by atoms with Crippen molar-refractivity contribution in [3.63, 3.8) is 0 Å². The first kappa shape index (κ1) is 10.2. The summed E-state index contributed by atoms with van der Waals surface area (Å²) in [4.78, 5) is 10.8. The second-order valence-electron chi connectivity index (χ2n) is 4.46. The average molecular weight is 203 g/mol. The Morgan fingerprint density at radius 3 is 2.67 bits per heavy atom. The molecule has 15 heavy (non-hydrogen) atoms. The highest BCUT2D eigenvalue weighted by molar-refractivity contribution is 5.74. The zero-order chi connectivity index (χ0) is 10.7. The van der Waals surface area contributed by atoms with Crippen molar-refractivity contribution in [2.24, 2.45) is 11.7 Å². The molecule has 1 fully saturated rings. The van der Waals surface area contributed by atoms with Crippen molar-refractivity contribution >= 4 is 5.91 Å². The molecular weight excluding hydrogens is 186 g/mol. The van der Waals surface area contributed by atoms with Gasteiger partial charge in [0.1, 0.15) is 0 Å². The van der Waals surface area contributed by atoms with Gasteiger partial charge in [0.25, 0.3) is 0 Å². The number of benzene rings is 1. The van der Waals surface area contributed by atoms with E-state index in [0.717, 1.165) is 12.8 Å². The molecule has 1 aromatic rings. The molecule has 1 aromatic carbocycles. The molecule has 2 atom stereocenters. The van der Waals surface area contributed by atoms with Gasteiger partial charge in [-0.15, -0.1) is 0 Å². The summed E-state index contributed by atoms with van der Waals surface area (Å²) in [5.41, 5.74) is 6.62. The first-order valence-electron chi connectivity index (χ1n) is 5.59. The molecule has 0 unspecified atom stereocenters. The van der Waals surface area contributed by atoms with E-state index in [9.17, 15) is 4.79 Å². The lowest BCUT2D eigenvalue weighted by Gasteiger charge is -2.10. The Kier molecular flexibility index (Phi) is 3.05. The van der Waals surface area contributed by atoms with Crippen LogP contribution in [-0.4, -0.2) is 5.91 Å². The van der Waals surface area contributed by atoms with E-state index in [0.29, 0.717) is 18.3 Å². The molecule has 0 bridgehead atoms. The predicted octanol–water partition coefficient (Wildman–Crippen LogP) is 2.45. The first-order valence-corrected chi connectivity index (χ1v) is 5.59. The van der Waals surface area contributed by atoms with Gasteiger partial charge in [0, 0.05) is 6.42 Å². The summed E-state index contributed by atoms with van der Waals surface area (Å²) in [6, 6.07) is 10.6. The molecule has 0 aliphatic heterocycles. The Labute approximate surface area is 90.5 Å². The average Bonchev–Trinajstić information content (AvgIpc) is 2.67. The van der Waals surface area contributed by atoms with Crippen molar-refractivity contribution in [2.75, 3.05) is 0 Å². The Morgan fingerprint density at radius 1 is 1.27 bits per heavy atom. The largest absolute Gasteiger partial charge is 0.370 e. The lowest BCUT2D eigenvalue weighted by molar-refractivity contribution is -0.118. The number of carbonyl (C=O) groups excluding carboxylic acids is 1. The van der Waals surface area contributed by atoms with Gasteiger partial charge in [-0.05, 0) is 36.7 Å². The van der Waals surface area contributed by atoms with Gasteiger partial charge in [-0.1, -0.05) is 30.3 Å². The number of nitrogens with two attached hydrogens (primary N) is 1. The van der Waals surface area contributed by atoms with Crippen molar-refractivity contribution in [1.82, 2.24) is 0 Å². The monoisotopic (exact) mass is 203 g/mol. The maximum Gasteiger partial charge on any atom is 0.217 e. The summed E-state index contributed by atoms with van der Waals surface area (Å²) in [6.45, 7) is 0. The van der Waals surface area contributed by atoms with Crippen molar-refractivity contribution in [3.05, 3.63) is 35.9 Å². The van der Waals surface area contributed by atoms with E-state index < -0.39 is 0 Å². The normalized spacial score (nSPS) is 25.3. The number of amides is 1. The smallest absolute Gasteiger partial charge is 0.217 e. The van der Waals surface area contributed by atoms with E-state index >= 15 is 0 Å². The first-order chi connectivity index (χ1) is 7.25. The van der Waals surface area contributed by atoms with Gasteiger partial charge >= 0.3 is 0 Å². The van der Waals surface area contributed by atoms with Crippen LogP contribution in [0, 0.1) is 5.92 Å². The highest BCUT2D eigenvalue weighted by atomic mass is 16.1. The van der Waals surface area contributed by atoms with E-state index in [2.05, 4.69) is 24.3 Å². The molecule has 0 radical (unpaired) electrons. The Hall–Kier alpha value is -1.31. The highest BCUT2D eigenvalue weighted by Gasteiger charge is 2.26. The Balaban J connectivity index is 1.96. The Morgan fingerprint density at radius 2 is 2.00 bits per heavy atom. The molecule has 0 heterocycles. The van der Waals surface area contributed by atoms with Crippen LogP contribution in [0.2, 0.25) is 0 Å². The zero-order valence-corrected chi connectivity index (χ0v) is 8.86. The molecule has 1 aliphatic carbocycles. The van der Waals surface area contributed by atoms with Crippen LogP contribution in [0.15, 0.2) is 30.3 Å². The molecule has 2 rings (SSSR count). The topological polar surface area (TPSA) is 43.1 Å². The van der Waals surface area contributed by atoms with Crippen LogP contribution < -0.4 is 5.73 Å². The third-order valence-corrected chi connectivity index (χ3v) is 3.30. The molecule has 0 spiro atoms. The van der Waals surface area contributed by atoms with Crippen molar-refractivity contribution in [3.8, 4) is 0 Å². The zero-order valence-electron chi connectivity index (χ0n) is 8.86. The van der Waals surface area contributed by atoms with Crippen LogP contribution in [0.25, 0.3) is 0 Å². The van der Waals surface area contributed by atoms with Crippen LogP contribution in [-0.2, 0) is 4.79 Å². The van der Waals surface area contributed by atoms with Crippen LogP contribution >= 0.6 is 0 Å². The van der Waals surface area contributed by atoms with Crippen LogP contribution in [0.4, 0.5) is 0 Å². The van der Waals surface area contributed by atoms with Gasteiger partial charge in [-0.25, -0.2) is 0 Å². The summed E-state index contributed by atoms with van der Waals surface area (Å²) >= 11 is 0. The Bertz CT molecular complexity index is 334. The van der Waals surface area contributed by atoms with Crippen molar-refractivity contribution in [1.29, 1.82) is 0 Å². The van der Waals surface area contributed by atoms with E-state index in [-0.39, 0.29) is 5.91 Å². The van der Waals surface area contributed by atoms with E-state index in [4.69, 9.17) is 5.73 Å². The van der Waals surface area contributed by atoms with Gasteiger partial charge in [-0.3, -0.25) is 4.79 Å². The molecule has 80 valence electrons. The fraction of sp³-hybridized carbons (Fsp3) is 0.462. The summed E-state index contributed by atoms with van der Waals surface area (Å²) < 4.78 is 0. The van der Waals surface area contributed by atoms with Crippen molar-refractivity contribution < 1.29 is 4.79 Å². The molecule has 2 nitrogen and oxygen atoms in total. The molecule has 0 saturated heterocycles. The lowest BCUT2D eigenvalue weighted by atomic mass is 9.95. The minimum atomic E-state index is -0.159. The van der Waals surface area contributed by atoms with Gasteiger partial charge < -0.3 is 5.73 Å². The molecule has 1 amide bonds. The second-order valence-corrected chi connectivity index (χ2v) is 4.46. The number of primary amides is 1. The van der Waals surface area contributed by atoms with Gasteiger partial charge in [0.15, 0.2) is 0 Å². The highest BCUT2D eigenvalue weighted by Crippen LogP contribution is 2.39. The minimum Gasteiger partial charge on any atom is -0.370 e. The molecule has 2 heteroatoms. The third kappa shape index (κ3) is 2.58. The van der Waals surface area contributed by atoms with Crippen molar-refractivity contribution in [2.45, 2.75) is 31.6 Å². The standard InChI is InChI=1S/C13H17NO/c14-13(15)9-10-6-7-12(8-10)11-4-2-1-3-5-11/h1-5,10,12H,6-9H2,(H2,14,15)/t10-,12-/m0/s1. The maximum atomic E-state index is 10.8. The second kappa shape index (κ2) is 4.47. The van der Waals surface area contributed by atoms with Crippen LogP contribution in [0.3, 0.4) is 0 Å². The minimum absolute atomic E-state index is 0.159. The van der Waals surface area contributed by atoms with Crippen LogP contribution in [0.1, 0.15) is 37.2 Å². The number of hydrogen-bond acceptors (Lipinski definition) is 1. The molecule has 2 N–H and O–H groups in total. The fourth-order valence-electron chi connectivity index (χ4n) is 2.57. The van der Waals surface area contributed by atoms with E-state index in [1.165, 1.54) is 12.0 Å². The number of carbonyl (C=O) groups is 1. The predicted molar refractivity (Wildman–Crippen MR) is 60.3 cm³/mol. The molecule has 1 aliphatic rings. The quantitative estimate of drug-likeness (QED) is 0.805. The lowest BCUT2D eigenvalue weighted by Crippen LogP contribution is -2.14. The number of rotatable bonds is 3. The third-order valence-electron chi connectivity index (χ3n) is 3.30.